The van der Waals surface area contributed by atoms with Crippen LogP contribution in [-0.4, -0.2) is 66.2 Å². The van der Waals surface area contributed by atoms with Crippen LogP contribution in [-0.2, 0) is 23.9 Å². The Labute approximate surface area is 209 Å². The number of carbonyl (C=O) groups excluding carboxylic acids is 4. The molecule has 4 N–H and O–H groups in total. The molecule has 0 bridgehead atoms. The molecule has 2 aliphatic rings. The van der Waals surface area contributed by atoms with Crippen molar-refractivity contribution in [1.82, 2.24) is 15.5 Å². The number of carbonyl (C=O) groups is 4. The van der Waals surface area contributed by atoms with Crippen molar-refractivity contribution in [2.45, 2.75) is 71.4 Å². The van der Waals surface area contributed by atoms with Gasteiger partial charge in [-0.15, -0.1) is 0 Å². The Balaban J connectivity index is 1.74. The summed E-state index contributed by atoms with van der Waals surface area (Å²) in [5.41, 5.74) is 5.71. The van der Waals surface area contributed by atoms with E-state index in [2.05, 4.69) is 10.6 Å². The summed E-state index contributed by atoms with van der Waals surface area (Å²) in [6.45, 7) is 7.98. The van der Waals surface area contributed by atoms with Crippen molar-refractivity contribution in [3.63, 3.8) is 0 Å². The Morgan fingerprint density at radius 2 is 2.03 bits per heavy atom. The van der Waals surface area contributed by atoms with Gasteiger partial charge in [0.1, 0.15) is 18.1 Å². The number of nitrogens with zero attached hydrogens (tertiary/aromatic N) is 1. The van der Waals surface area contributed by atoms with Gasteiger partial charge in [-0.1, -0.05) is 32.4 Å². The highest BCUT2D eigenvalue weighted by Crippen LogP contribution is 2.27. The molecule has 2 aliphatic heterocycles. The molecule has 0 spiro atoms. The van der Waals surface area contributed by atoms with Crippen LogP contribution >= 0.6 is 11.6 Å². The van der Waals surface area contributed by atoms with Crippen molar-refractivity contribution < 1.29 is 28.7 Å². The summed E-state index contributed by atoms with van der Waals surface area (Å²) < 4.78 is 10.5. The Hall–Kier alpha value is -2.85. The maximum atomic E-state index is 13.6. The third-order valence-corrected chi connectivity index (χ3v) is 6.44. The molecule has 11 heteroatoms. The number of nitrogen functional groups attached to an aromatic ring is 1. The predicted molar refractivity (Wildman–Crippen MR) is 129 cm³/mol. The van der Waals surface area contributed by atoms with Gasteiger partial charge in [0, 0.05) is 18.7 Å². The fourth-order valence-electron chi connectivity index (χ4n) is 4.25. The first-order chi connectivity index (χ1) is 16.4. The van der Waals surface area contributed by atoms with E-state index in [0.29, 0.717) is 31.7 Å². The molecule has 2 fully saturated rings. The van der Waals surface area contributed by atoms with E-state index in [0.717, 1.165) is 0 Å². The molecule has 0 radical (unpaired) electrons. The molecular weight excluding hydrogens is 476 g/mol. The molecule has 35 heavy (non-hydrogen) atoms. The van der Waals surface area contributed by atoms with Crippen molar-refractivity contribution in [2.24, 2.45) is 5.41 Å². The van der Waals surface area contributed by atoms with Crippen LogP contribution < -0.4 is 16.4 Å². The quantitative estimate of drug-likeness (QED) is 0.377. The number of hydrogen-bond acceptors (Lipinski definition) is 7. The van der Waals surface area contributed by atoms with Crippen LogP contribution in [0.3, 0.4) is 0 Å². The highest BCUT2D eigenvalue weighted by molar-refractivity contribution is 6.33. The second-order valence-corrected chi connectivity index (χ2v) is 10.2. The van der Waals surface area contributed by atoms with Gasteiger partial charge in [0.15, 0.2) is 0 Å². The van der Waals surface area contributed by atoms with Crippen LogP contribution in [0.25, 0.3) is 0 Å². The zero-order valence-corrected chi connectivity index (χ0v) is 21.2. The smallest absolute Gasteiger partial charge is 0.310 e. The molecule has 1 aromatic rings. The standard InChI is InChI=1S/C24H33ClN4O6/c1-5-34-23-16(12-18(30)35-23)27-21(32)17-7-6-10-29(17)22(33)19(24(2,3)4)28-20(31)13-8-9-15(26)14(25)11-13/h8-9,11,16-17,19,23H,5-7,10,12,26H2,1-4H3,(H,27,32)(H,28,31)/t16?,17?,19-,23?/m1/s1. The lowest BCUT2D eigenvalue weighted by molar-refractivity contribution is -0.164. The van der Waals surface area contributed by atoms with Gasteiger partial charge in [-0.05, 0) is 43.4 Å². The first-order valence-electron chi connectivity index (χ1n) is 11.7. The number of nitrogens with two attached hydrogens (primary N) is 1. The SMILES string of the molecule is CCOC1OC(=O)CC1NC(=O)C1CCCN1C(=O)[C@@H](NC(=O)c1ccc(N)c(Cl)c1)C(C)(C)C. The van der Waals surface area contributed by atoms with E-state index >= 15 is 0 Å². The van der Waals surface area contributed by atoms with Crippen LogP contribution in [0.1, 0.15) is 57.3 Å². The zero-order valence-electron chi connectivity index (χ0n) is 20.4. The third kappa shape index (κ3) is 6.24. The number of anilines is 1. The summed E-state index contributed by atoms with van der Waals surface area (Å²) in [5.74, 6) is -1.66. The van der Waals surface area contributed by atoms with E-state index in [-0.39, 0.29) is 28.8 Å². The summed E-state index contributed by atoms with van der Waals surface area (Å²) in [6.07, 6.45) is 0.255. The average molecular weight is 509 g/mol. The molecule has 0 aromatic heterocycles. The third-order valence-electron chi connectivity index (χ3n) is 6.11. The summed E-state index contributed by atoms with van der Waals surface area (Å²) in [4.78, 5) is 52.9. The van der Waals surface area contributed by atoms with Gasteiger partial charge in [0.25, 0.3) is 5.91 Å². The number of nitrogens with one attached hydrogen (secondary N) is 2. The van der Waals surface area contributed by atoms with Gasteiger partial charge >= 0.3 is 5.97 Å². The van der Waals surface area contributed by atoms with Crippen molar-refractivity contribution >= 4 is 41.0 Å². The van der Waals surface area contributed by atoms with Gasteiger partial charge in [-0.3, -0.25) is 19.2 Å². The Bertz CT molecular complexity index is 995. The number of rotatable bonds is 7. The van der Waals surface area contributed by atoms with E-state index in [1.54, 1.807) is 6.92 Å². The number of likely N-dealkylation sites (tertiary alicyclic amines) is 1. The van der Waals surface area contributed by atoms with E-state index in [4.69, 9.17) is 26.8 Å². The van der Waals surface area contributed by atoms with Crippen LogP contribution in [0.2, 0.25) is 5.02 Å². The van der Waals surface area contributed by atoms with E-state index in [9.17, 15) is 19.2 Å². The van der Waals surface area contributed by atoms with Crippen LogP contribution in [0.15, 0.2) is 18.2 Å². The zero-order chi connectivity index (χ0) is 25.9. The minimum absolute atomic E-state index is 0.00188. The second kappa shape index (κ2) is 10.8. The highest BCUT2D eigenvalue weighted by Gasteiger charge is 2.44. The first-order valence-corrected chi connectivity index (χ1v) is 12.1. The average Bonchev–Trinajstić information content (AvgIpc) is 3.39. The monoisotopic (exact) mass is 508 g/mol. The lowest BCUT2D eigenvalue weighted by atomic mass is 9.85. The van der Waals surface area contributed by atoms with Gasteiger partial charge < -0.3 is 30.7 Å². The van der Waals surface area contributed by atoms with E-state index in [1.807, 2.05) is 20.8 Å². The van der Waals surface area contributed by atoms with Crippen molar-refractivity contribution in [2.75, 3.05) is 18.9 Å². The molecule has 2 heterocycles. The lowest BCUT2D eigenvalue weighted by Crippen LogP contribution is -2.58. The maximum absolute atomic E-state index is 13.6. The van der Waals surface area contributed by atoms with Gasteiger partial charge in [-0.2, -0.15) is 0 Å². The fourth-order valence-corrected chi connectivity index (χ4v) is 4.43. The summed E-state index contributed by atoms with van der Waals surface area (Å²) in [5, 5.41) is 5.86. The Morgan fingerprint density at radius 1 is 1.31 bits per heavy atom. The summed E-state index contributed by atoms with van der Waals surface area (Å²) in [6, 6.07) is 2.26. The van der Waals surface area contributed by atoms with Gasteiger partial charge in [0.05, 0.1) is 17.1 Å². The fraction of sp³-hybridized carbons (Fsp3) is 0.583. The van der Waals surface area contributed by atoms with Crippen LogP contribution in [0.5, 0.6) is 0 Å². The second-order valence-electron chi connectivity index (χ2n) is 9.83. The van der Waals surface area contributed by atoms with Crippen molar-refractivity contribution in [3.05, 3.63) is 28.8 Å². The maximum Gasteiger partial charge on any atom is 0.310 e. The molecule has 1 aromatic carbocycles. The number of benzene rings is 1. The Morgan fingerprint density at radius 3 is 2.66 bits per heavy atom. The molecule has 3 unspecified atom stereocenters. The molecule has 2 saturated heterocycles. The number of halogens is 1. The molecule has 10 nitrogen and oxygen atoms in total. The van der Waals surface area contributed by atoms with Gasteiger partial charge in [0.2, 0.25) is 18.1 Å². The Kier molecular flexibility index (Phi) is 8.27. The molecule has 4 atom stereocenters. The minimum Gasteiger partial charge on any atom is -0.433 e. The van der Waals surface area contributed by atoms with Crippen molar-refractivity contribution in [3.8, 4) is 0 Å². The predicted octanol–water partition coefficient (Wildman–Crippen LogP) is 1.85. The summed E-state index contributed by atoms with van der Waals surface area (Å²) >= 11 is 6.05. The molecule has 3 amide bonds. The molecule has 192 valence electrons. The number of cyclic esters (lactones) is 1. The molecule has 3 rings (SSSR count). The minimum atomic E-state index is -0.896. The van der Waals surface area contributed by atoms with Crippen LogP contribution in [0, 0.1) is 5.41 Å². The number of amides is 3. The molecular formula is C24H33ClN4O6. The van der Waals surface area contributed by atoms with Crippen LogP contribution in [0.4, 0.5) is 5.69 Å². The topological polar surface area (TPSA) is 140 Å². The van der Waals surface area contributed by atoms with E-state index < -0.39 is 41.7 Å². The normalized spacial score (nSPS) is 23.1. The molecule has 0 aliphatic carbocycles. The van der Waals surface area contributed by atoms with Crippen molar-refractivity contribution in [1.29, 1.82) is 0 Å². The lowest BCUT2D eigenvalue weighted by Gasteiger charge is -2.35. The molecule has 0 saturated carbocycles. The van der Waals surface area contributed by atoms with Gasteiger partial charge in [-0.25, -0.2) is 0 Å². The number of esters is 1. The van der Waals surface area contributed by atoms with E-state index in [1.165, 1.54) is 23.1 Å². The highest BCUT2D eigenvalue weighted by atomic mass is 35.5. The number of hydrogen-bond donors (Lipinski definition) is 3. The largest absolute Gasteiger partial charge is 0.433 e. The number of ether oxygens (including phenoxy) is 2. The summed E-state index contributed by atoms with van der Waals surface area (Å²) in [7, 11) is 0. The first kappa shape index (κ1) is 26.7.